The minimum atomic E-state index is -1.48. The van der Waals surface area contributed by atoms with E-state index in [0.717, 1.165) is 23.4 Å². The lowest BCUT2D eigenvalue weighted by atomic mass is 10.2. The van der Waals surface area contributed by atoms with Gasteiger partial charge in [0.2, 0.25) is 11.8 Å². The molecule has 0 saturated carbocycles. The van der Waals surface area contributed by atoms with Crippen molar-refractivity contribution >= 4 is 48.0 Å². The third kappa shape index (κ3) is 4.85. The predicted molar refractivity (Wildman–Crippen MR) is 104 cm³/mol. The molecule has 1 unspecified atom stereocenters. The zero-order valence-corrected chi connectivity index (χ0v) is 16.4. The van der Waals surface area contributed by atoms with Crippen LogP contribution in [-0.2, 0) is 4.79 Å². The number of anilines is 1. The fraction of sp³-hybridized carbons (Fsp3) is 0.438. The largest absolute Gasteiger partial charge is 0.447 e. The number of amides is 1. The number of oxazole rings is 1. The van der Waals surface area contributed by atoms with Crippen molar-refractivity contribution in [2.45, 2.75) is 25.7 Å². The number of piperazine rings is 1. The summed E-state index contributed by atoms with van der Waals surface area (Å²) in [5.74, 6) is 0.526. The number of nitrogens with zero attached hydrogens (tertiary/aromatic N) is 2. The predicted octanol–water partition coefficient (Wildman–Crippen LogP) is 1.35. The van der Waals surface area contributed by atoms with Crippen LogP contribution >= 0.6 is 11.3 Å². The first-order valence-corrected chi connectivity index (χ1v) is 12.6. The van der Waals surface area contributed by atoms with Crippen LogP contribution < -0.4 is 21.3 Å². The van der Waals surface area contributed by atoms with Crippen molar-refractivity contribution in [3.8, 4) is 0 Å². The maximum atomic E-state index is 12.2. The van der Waals surface area contributed by atoms with E-state index in [-0.39, 0.29) is 11.9 Å². The van der Waals surface area contributed by atoms with Gasteiger partial charge in [0, 0.05) is 36.8 Å². The number of aromatic nitrogens is 2. The molecule has 7 nitrogen and oxygen atoms in total. The molecule has 0 radical (unpaired) electrons. The summed E-state index contributed by atoms with van der Waals surface area (Å²) in [4.78, 5) is 21.6. The highest BCUT2D eigenvalue weighted by Gasteiger charge is 2.22. The first-order valence-electron chi connectivity index (χ1n) is 8.27. The molecule has 1 saturated heterocycles. The number of carbonyl (C=O) groups excluding carboxylic acids is 1. The molecular formula is C16H23N5O2SSi. The van der Waals surface area contributed by atoms with E-state index in [0.29, 0.717) is 17.6 Å². The van der Waals surface area contributed by atoms with Gasteiger partial charge in [-0.3, -0.25) is 4.79 Å². The molecule has 1 aliphatic heterocycles. The highest BCUT2D eigenvalue weighted by Crippen LogP contribution is 2.20. The summed E-state index contributed by atoms with van der Waals surface area (Å²) in [6, 6.07) is -0.219. The summed E-state index contributed by atoms with van der Waals surface area (Å²) in [5, 5.41) is 10.8. The number of hydrogen-bond acceptors (Lipinski definition) is 7. The van der Waals surface area contributed by atoms with Crippen molar-refractivity contribution in [2.24, 2.45) is 0 Å². The number of thiazole rings is 1. The zero-order chi connectivity index (χ0) is 17.9. The monoisotopic (exact) mass is 377 g/mol. The molecule has 25 heavy (non-hydrogen) atoms. The Morgan fingerprint density at radius 2 is 2.16 bits per heavy atom. The summed E-state index contributed by atoms with van der Waals surface area (Å²) < 4.78 is 5.78. The number of rotatable bonds is 5. The minimum absolute atomic E-state index is 0.0652. The van der Waals surface area contributed by atoms with Crippen molar-refractivity contribution in [1.29, 1.82) is 0 Å². The van der Waals surface area contributed by atoms with Crippen LogP contribution in [0.4, 0.5) is 5.13 Å². The third-order valence-electron chi connectivity index (χ3n) is 3.76. The lowest BCUT2D eigenvalue weighted by molar-refractivity contribution is -0.118. The average Bonchev–Trinajstić information content (AvgIpc) is 3.22. The SMILES string of the molecule is C[Si](C)(C)c1cnc(C=Cc2cnc(NC(=O)C3CNCCN3)s2)o1. The van der Waals surface area contributed by atoms with Gasteiger partial charge in [-0.05, 0) is 6.08 Å². The number of nitrogens with one attached hydrogen (secondary N) is 3. The quantitative estimate of drug-likeness (QED) is 0.681. The van der Waals surface area contributed by atoms with E-state index in [4.69, 9.17) is 4.42 Å². The van der Waals surface area contributed by atoms with Crippen LogP contribution in [0.1, 0.15) is 10.8 Å². The summed E-state index contributed by atoms with van der Waals surface area (Å²) in [6.07, 6.45) is 7.27. The maximum Gasteiger partial charge on any atom is 0.244 e. The van der Waals surface area contributed by atoms with Crippen LogP contribution in [0.2, 0.25) is 19.6 Å². The molecule has 3 rings (SSSR count). The van der Waals surface area contributed by atoms with Crippen LogP contribution in [0.3, 0.4) is 0 Å². The van der Waals surface area contributed by atoms with E-state index in [2.05, 4.69) is 45.6 Å². The highest BCUT2D eigenvalue weighted by molar-refractivity contribution is 7.16. The van der Waals surface area contributed by atoms with Crippen LogP contribution in [0.5, 0.6) is 0 Å². The fourth-order valence-corrected chi connectivity index (χ4v) is 3.90. The van der Waals surface area contributed by atoms with Crippen LogP contribution in [0, 0.1) is 0 Å². The third-order valence-corrected chi connectivity index (χ3v) is 6.35. The van der Waals surface area contributed by atoms with Gasteiger partial charge in [0.25, 0.3) is 0 Å². The molecule has 0 aromatic carbocycles. The van der Waals surface area contributed by atoms with Gasteiger partial charge in [0.05, 0.1) is 12.2 Å². The Bertz CT molecular complexity index is 759. The summed E-state index contributed by atoms with van der Waals surface area (Å²) in [7, 11) is -1.48. The first-order chi connectivity index (χ1) is 11.9. The second-order valence-corrected chi connectivity index (χ2v) is 13.0. The topological polar surface area (TPSA) is 92.1 Å². The number of hydrogen-bond donors (Lipinski definition) is 3. The summed E-state index contributed by atoms with van der Waals surface area (Å²) in [6.45, 7) is 8.96. The second-order valence-electron chi connectivity index (χ2n) is 6.91. The van der Waals surface area contributed by atoms with Crippen LogP contribution in [-0.4, -0.2) is 49.6 Å². The van der Waals surface area contributed by atoms with E-state index in [1.165, 1.54) is 11.3 Å². The zero-order valence-electron chi connectivity index (χ0n) is 14.6. The van der Waals surface area contributed by atoms with E-state index in [1.807, 2.05) is 18.3 Å². The Labute approximate surface area is 152 Å². The molecule has 1 aliphatic rings. The van der Waals surface area contributed by atoms with Gasteiger partial charge >= 0.3 is 0 Å². The Balaban J connectivity index is 1.59. The van der Waals surface area contributed by atoms with Gasteiger partial charge in [0.1, 0.15) is 13.5 Å². The molecule has 0 aliphatic carbocycles. The molecule has 9 heteroatoms. The molecule has 134 valence electrons. The average molecular weight is 378 g/mol. The Morgan fingerprint density at radius 1 is 1.32 bits per heavy atom. The van der Waals surface area contributed by atoms with Gasteiger partial charge in [0.15, 0.2) is 5.13 Å². The molecule has 3 N–H and O–H groups in total. The van der Waals surface area contributed by atoms with Gasteiger partial charge in [-0.2, -0.15) is 0 Å². The van der Waals surface area contributed by atoms with Crippen molar-refractivity contribution in [3.63, 3.8) is 0 Å². The second kappa shape index (κ2) is 7.61. The Kier molecular flexibility index (Phi) is 5.47. The van der Waals surface area contributed by atoms with E-state index in [9.17, 15) is 4.79 Å². The Hall–Kier alpha value is -1.81. The highest BCUT2D eigenvalue weighted by atomic mass is 32.1. The van der Waals surface area contributed by atoms with Crippen LogP contribution in [0.25, 0.3) is 12.2 Å². The van der Waals surface area contributed by atoms with Crippen LogP contribution in [0.15, 0.2) is 16.8 Å². The van der Waals surface area contributed by atoms with E-state index >= 15 is 0 Å². The molecule has 2 aromatic rings. The lowest BCUT2D eigenvalue weighted by Crippen LogP contribution is -2.54. The van der Waals surface area contributed by atoms with Crippen molar-refractivity contribution in [2.75, 3.05) is 25.0 Å². The van der Waals surface area contributed by atoms with Crippen molar-refractivity contribution in [3.05, 3.63) is 23.2 Å². The Morgan fingerprint density at radius 3 is 2.84 bits per heavy atom. The van der Waals surface area contributed by atoms with Crippen molar-refractivity contribution in [1.82, 2.24) is 20.6 Å². The smallest absolute Gasteiger partial charge is 0.244 e. The van der Waals surface area contributed by atoms with Gasteiger partial charge < -0.3 is 20.4 Å². The van der Waals surface area contributed by atoms with Gasteiger partial charge in [-0.15, -0.1) is 0 Å². The molecule has 1 atom stereocenters. The molecule has 0 spiro atoms. The molecule has 1 fully saturated rings. The lowest BCUT2D eigenvalue weighted by Gasteiger charge is -2.22. The van der Waals surface area contributed by atoms with Gasteiger partial charge in [-0.1, -0.05) is 31.0 Å². The maximum absolute atomic E-state index is 12.2. The molecule has 0 bridgehead atoms. The molecular weight excluding hydrogens is 354 g/mol. The van der Waals surface area contributed by atoms with E-state index in [1.54, 1.807) is 6.20 Å². The molecule has 2 aromatic heterocycles. The number of carbonyl (C=O) groups is 1. The van der Waals surface area contributed by atoms with E-state index < -0.39 is 8.07 Å². The van der Waals surface area contributed by atoms with Gasteiger partial charge in [-0.25, -0.2) is 9.97 Å². The van der Waals surface area contributed by atoms with Crippen molar-refractivity contribution < 1.29 is 9.21 Å². The normalized spacial score (nSPS) is 18.6. The fourth-order valence-electron chi connectivity index (χ4n) is 2.32. The summed E-state index contributed by atoms with van der Waals surface area (Å²) >= 11 is 1.42. The first kappa shape index (κ1) is 18.0. The molecule has 1 amide bonds. The minimum Gasteiger partial charge on any atom is -0.447 e. The summed E-state index contributed by atoms with van der Waals surface area (Å²) in [5.41, 5.74) is 0. The molecule has 3 heterocycles. The standard InChI is InChI=1S/C16H23N5O2SSi/c1-25(2,3)14-10-19-13(23-14)5-4-11-8-20-16(24-11)21-15(22)12-9-17-6-7-18-12/h4-5,8,10,12,17-18H,6-7,9H2,1-3H3,(H,20,21,22).